The number of hydrogen-bond donors (Lipinski definition) is 1. The Hall–Kier alpha value is -0.710. The molecule has 1 heterocycles. The van der Waals surface area contributed by atoms with Gasteiger partial charge in [-0.15, -0.1) is 11.3 Å². The van der Waals surface area contributed by atoms with Crippen LogP contribution in [0.25, 0.3) is 0 Å². The summed E-state index contributed by atoms with van der Waals surface area (Å²) in [5.41, 5.74) is 9.74. The summed E-state index contributed by atoms with van der Waals surface area (Å²) in [6.07, 6.45) is 0.798. The topological polar surface area (TPSA) is 38.9 Å². The van der Waals surface area contributed by atoms with Crippen LogP contribution in [-0.4, -0.2) is 4.98 Å². The molecule has 1 atom stereocenters. The lowest BCUT2D eigenvalue weighted by Crippen LogP contribution is -2.14. The molecular formula is C13H15BrN2S. The van der Waals surface area contributed by atoms with Gasteiger partial charge in [-0.25, -0.2) is 4.98 Å². The Balaban J connectivity index is 2.17. The standard InChI is InChI=1S/C13H15BrN2S/c1-8-5-10(14)3-4-12(8)13(15)6-11-7-17-9(2)16-11/h3-5,7,13H,6,15H2,1-2H3. The van der Waals surface area contributed by atoms with Gasteiger partial charge in [-0.05, 0) is 37.1 Å². The second-order valence-corrected chi connectivity index (χ2v) is 6.15. The molecule has 0 saturated heterocycles. The molecule has 2 aromatic rings. The van der Waals surface area contributed by atoms with Crippen molar-refractivity contribution in [3.63, 3.8) is 0 Å². The van der Waals surface area contributed by atoms with E-state index >= 15 is 0 Å². The second-order valence-electron chi connectivity index (χ2n) is 4.17. The van der Waals surface area contributed by atoms with Gasteiger partial charge >= 0.3 is 0 Å². The molecule has 1 aromatic heterocycles. The number of thiazole rings is 1. The van der Waals surface area contributed by atoms with E-state index in [0.29, 0.717) is 0 Å². The maximum atomic E-state index is 6.24. The molecule has 0 fully saturated rings. The Labute approximate surface area is 114 Å². The molecule has 0 aliphatic rings. The summed E-state index contributed by atoms with van der Waals surface area (Å²) >= 11 is 5.14. The highest BCUT2D eigenvalue weighted by Crippen LogP contribution is 2.23. The average molecular weight is 311 g/mol. The monoisotopic (exact) mass is 310 g/mol. The Kier molecular flexibility index (Phi) is 3.97. The second kappa shape index (κ2) is 5.29. The van der Waals surface area contributed by atoms with Crippen LogP contribution in [0.1, 0.15) is 27.9 Å². The van der Waals surface area contributed by atoms with Gasteiger partial charge in [-0.1, -0.05) is 22.0 Å². The smallest absolute Gasteiger partial charge is 0.0897 e. The fraction of sp³-hybridized carbons (Fsp3) is 0.308. The maximum Gasteiger partial charge on any atom is 0.0897 e. The average Bonchev–Trinajstić information content (AvgIpc) is 2.63. The Morgan fingerprint density at radius 3 is 2.76 bits per heavy atom. The van der Waals surface area contributed by atoms with E-state index < -0.39 is 0 Å². The molecule has 17 heavy (non-hydrogen) atoms. The number of halogens is 1. The van der Waals surface area contributed by atoms with Crippen molar-refractivity contribution in [1.29, 1.82) is 0 Å². The molecule has 0 radical (unpaired) electrons. The van der Waals surface area contributed by atoms with Crippen LogP contribution < -0.4 is 5.73 Å². The molecule has 1 unspecified atom stereocenters. The first-order valence-corrected chi connectivity index (χ1v) is 7.16. The lowest BCUT2D eigenvalue weighted by atomic mass is 9.99. The molecule has 0 bridgehead atoms. The quantitative estimate of drug-likeness (QED) is 0.937. The minimum atomic E-state index is 0.0181. The van der Waals surface area contributed by atoms with Crippen molar-refractivity contribution in [2.24, 2.45) is 5.73 Å². The molecule has 1 aromatic carbocycles. The summed E-state index contributed by atoms with van der Waals surface area (Å²) in [5.74, 6) is 0. The Bertz CT molecular complexity index is 522. The molecule has 4 heteroatoms. The minimum Gasteiger partial charge on any atom is -0.324 e. The first-order chi connectivity index (χ1) is 8.06. The van der Waals surface area contributed by atoms with E-state index in [1.807, 2.05) is 13.0 Å². The van der Waals surface area contributed by atoms with Gasteiger partial charge in [0.25, 0.3) is 0 Å². The Morgan fingerprint density at radius 1 is 1.41 bits per heavy atom. The highest BCUT2D eigenvalue weighted by Gasteiger charge is 2.11. The summed E-state index contributed by atoms with van der Waals surface area (Å²) in [7, 11) is 0. The maximum absolute atomic E-state index is 6.24. The van der Waals surface area contributed by atoms with Gasteiger partial charge in [0.05, 0.1) is 10.7 Å². The van der Waals surface area contributed by atoms with Crippen molar-refractivity contribution in [3.8, 4) is 0 Å². The van der Waals surface area contributed by atoms with Crippen LogP contribution in [0.4, 0.5) is 0 Å². The van der Waals surface area contributed by atoms with E-state index in [2.05, 4.69) is 45.4 Å². The highest BCUT2D eigenvalue weighted by atomic mass is 79.9. The van der Waals surface area contributed by atoms with Crippen LogP contribution in [0.15, 0.2) is 28.1 Å². The van der Waals surface area contributed by atoms with Gasteiger partial charge in [-0.2, -0.15) is 0 Å². The summed E-state index contributed by atoms with van der Waals surface area (Å²) in [6.45, 7) is 4.11. The molecule has 2 rings (SSSR count). The van der Waals surface area contributed by atoms with E-state index in [-0.39, 0.29) is 6.04 Å². The normalized spacial score (nSPS) is 12.7. The molecule has 2 N–H and O–H groups in total. The zero-order valence-corrected chi connectivity index (χ0v) is 12.3. The number of hydrogen-bond acceptors (Lipinski definition) is 3. The predicted octanol–water partition coefficient (Wildman–Crippen LogP) is 3.76. The van der Waals surface area contributed by atoms with Crippen LogP contribution >= 0.6 is 27.3 Å². The molecule has 0 amide bonds. The summed E-state index contributed by atoms with van der Waals surface area (Å²) in [5, 5.41) is 3.18. The van der Waals surface area contributed by atoms with Gasteiger partial charge in [0.15, 0.2) is 0 Å². The van der Waals surface area contributed by atoms with Gasteiger partial charge in [0.1, 0.15) is 0 Å². The largest absolute Gasteiger partial charge is 0.324 e. The number of benzene rings is 1. The molecule has 0 aliphatic carbocycles. The van der Waals surface area contributed by atoms with Crippen molar-refractivity contribution in [3.05, 3.63) is 49.9 Å². The van der Waals surface area contributed by atoms with E-state index in [4.69, 9.17) is 5.73 Å². The molecular weight excluding hydrogens is 296 g/mol. The highest BCUT2D eigenvalue weighted by molar-refractivity contribution is 9.10. The number of aromatic nitrogens is 1. The fourth-order valence-corrected chi connectivity index (χ4v) is 2.99. The first-order valence-electron chi connectivity index (χ1n) is 5.49. The van der Waals surface area contributed by atoms with E-state index in [1.54, 1.807) is 11.3 Å². The van der Waals surface area contributed by atoms with Crippen LogP contribution in [0.2, 0.25) is 0 Å². The molecule has 0 aliphatic heterocycles. The molecule has 2 nitrogen and oxygen atoms in total. The van der Waals surface area contributed by atoms with Gasteiger partial charge in [0, 0.05) is 22.3 Å². The first kappa shape index (κ1) is 12.7. The lowest BCUT2D eigenvalue weighted by molar-refractivity contribution is 0.704. The fourth-order valence-electron chi connectivity index (χ4n) is 1.89. The van der Waals surface area contributed by atoms with E-state index in [0.717, 1.165) is 21.6 Å². The van der Waals surface area contributed by atoms with Crippen LogP contribution in [0.5, 0.6) is 0 Å². The number of aryl methyl sites for hydroxylation is 2. The van der Waals surface area contributed by atoms with Gasteiger partial charge < -0.3 is 5.73 Å². The summed E-state index contributed by atoms with van der Waals surface area (Å²) in [6, 6.07) is 6.24. The SMILES string of the molecule is Cc1nc(CC(N)c2ccc(Br)cc2C)cs1. The molecule has 90 valence electrons. The number of nitrogens with two attached hydrogens (primary N) is 1. The van der Waals surface area contributed by atoms with Gasteiger partial charge in [-0.3, -0.25) is 0 Å². The zero-order valence-electron chi connectivity index (χ0n) is 9.90. The third-order valence-corrected chi connectivity index (χ3v) is 4.04. The third-order valence-electron chi connectivity index (χ3n) is 2.73. The molecule has 0 saturated carbocycles. The lowest BCUT2D eigenvalue weighted by Gasteiger charge is -2.13. The van der Waals surface area contributed by atoms with Crippen molar-refractivity contribution < 1.29 is 0 Å². The summed E-state index contributed by atoms with van der Waals surface area (Å²) in [4.78, 5) is 4.45. The molecule has 0 spiro atoms. The number of nitrogens with zero attached hydrogens (tertiary/aromatic N) is 1. The zero-order chi connectivity index (χ0) is 12.4. The van der Waals surface area contributed by atoms with Crippen LogP contribution in [-0.2, 0) is 6.42 Å². The van der Waals surface area contributed by atoms with Crippen molar-refractivity contribution in [2.75, 3.05) is 0 Å². The van der Waals surface area contributed by atoms with E-state index in [9.17, 15) is 0 Å². The van der Waals surface area contributed by atoms with E-state index in [1.165, 1.54) is 11.1 Å². The minimum absolute atomic E-state index is 0.0181. The Morgan fingerprint density at radius 2 is 2.18 bits per heavy atom. The third kappa shape index (κ3) is 3.15. The van der Waals surface area contributed by atoms with Crippen LogP contribution in [0, 0.1) is 13.8 Å². The van der Waals surface area contributed by atoms with Crippen molar-refractivity contribution in [1.82, 2.24) is 4.98 Å². The van der Waals surface area contributed by atoms with Crippen molar-refractivity contribution >= 4 is 27.3 Å². The predicted molar refractivity (Wildman–Crippen MR) is 76.4 cm³/mol. The van der Waals surface area contributed by atoms with Crippen molar-refractivity contribution in [2.45, 2.75) is 26.3 Å². The summed E-state index contributed by atoms with van der Waals surface area (Å²) < 4.78 is 1.09. The van der Waals surface area contributed by atoms with Gasteiger partial charge in [0.2, 0.25) is 0 Å². The number of rotatable bonds is 3. The van der Waals surface area contributed by atoms with Crippen LogP contribution in [0.3, 0.4) is 0 Å².